The van der Waals surface area contributed by atoms with Crippen molar-refractivity contribution in [2.45, 2.75) is 39.2 Å². The Labute approximate surface area is 105 Å². The van der Waals surface area contributed by atoms with Crippen molar-refractivity contribution in [1.82, 2.24) is 9.97 Å². The fraction of sp³-hybridized carbons (Fsp3) is 0.667. The molecule has 0 bridgehead atoms. The van der Waals surface area contributed by atoms with E-state index in [1.807, 2.05) is 0 Å². The zero-order valence-electron chi connectivity index (χ0n) is 9.78. The second kappa shape index (κ2) is 5.13. The van der Waals surface area contributed by atoms with Crippen LogP contribution >= 0.6 is 15.9 Å². The van der Waals surface area contributed by atoms with E-state index in [9.17, 15) is 0 Å². The van der Waals surface area contributed by atoms with Gasteiger partial charge < -0.3 is 5.32 Å². The first-order valence-electron chi connectivity index (χ1n) is 5.91. The predicted octanol–water partition coefficient (Wildman–Crippen LogP) is 3.48. The van der Waals surface area contributed by atoms with Gasteiger partial charge in [0.25, 0.3) is 0 Å². The lowest BCUT2D eigenvalue weighted by Gasteiger charge is -2.35. The van der Waals surface area contributed by atoms with Crippen molar-refractivity contribution < 1.29 is 0 Å². The van der Waals surface area contributed by atoms with Gasteiger partial charge in [-0.3, -0.25) is 0 Å². The molecule has 0 radical (unpaired) electrons. The molecule has 88 valence electrons. The van der Waals surface area contributed by atoms with Gasteiger partial charge in [0.05, 0.1) is 4.47 Å². The van der Waals surface area contributed by atoms with E-state index in [1.54, 1.807) is 12.4 Å². The third-order valence-electron chi connectivity index (χ3n) is 3.46. The summed E-state index contributed by atoms with van der Waals surface area (Å²) < 4.78 is 0.919. The number of hydrogen-bond donors (Lipinski definition) is 1. The molecule has 2 rings (SSSR count). The highest BCUT2D eigenvalue weighted by Crippen LogP contribution is 2.30. The lowest BCUT2D eigenvalue weighted by Crippen LogP contribution is -2.37. The van der Waals surface area contributed by atoms with Gasteiger partial charge in [-0.1, -0.05) is 20.3 Å². The molecular formula is C12H18BrN3. The number of hydrogen-bond acceptors (Lipinski definition) is 3. The maximum atomic E-state index is 4.27. The molecular weight excluding hydrogens is 266 g/mol. The Bertz CT molecular complexity index is 329. The van der Waals surface area contributed by atoms with E-state index >= 15 is 0 Å². The number of anilines is 1. The van der Waals surface area contributed by atoms with Crippen LogP contribution in [-0.4, -0.2) is 16.0 Å². The average Bonchev–Trinajstić information content (AvgIpc) is 2.26. The summed E-state index contributed by atoms with van der Waals surface area (Å²) in [5.74, 6) is 2.15. The summed E-state index contributed by atoms with van der Waals surface area (Å²) >= 11 is 3.34. The molecule has 0 aliphatic heterocycles. The first kappa shape index (κ1) is 11.8. The van der Waals surface area contributed by atoms with Crippen LogP contribution in [0.3, 0.4) is 0 Å². The van der Waals surface area contributed by atoms with Gasteiger partial charge in [0, 0.05) is 18.4 Å². The standard InChI is InChI=1S/C12H18BrN3/c1-8-4-3-5-9(2)11(8)16-12-14-6-10(13)7-15-12/h6-9,11H,3-5H2,1-2H3,(H,14,15,16). The highest BCUT2D eigenvalue weighted by molar-refractivity contribution is 9.10. The van der Waals surface area contributed by atoms with Gasteiger partial charge in [-0.2, -0.15) is 0 Å². The van der Waals surface area contributed by atoms with E-state index in [4.69, 9.17) is 0 Å². The summed E-state index contributed by atoms with van der Waals surface area (Å²) in [6, 6.07) is 0.509. The summed E-state index contributed by atoms with van der Waals surface area (Å²) in [5, 5.41) is 3.46. The van der Waals surface area contributed by atoms with Crippen molar-refractivity contribution in [2.75, 3.05) is 5.32 Å². The van der Waals surface area contributed by atoms with Crippen LogP contribution in [0.1, 0.15) is 33.1 Å². The van der Waals surface area contributed by atoms with Crippen molar-refractivity contribution in [3.63, 3.8) is 0 Å². The van der Waals surface area contributed by atoms with E-state index in [0.29, 0.717) is 17.9 Å². The lowest BCUT2D eigenvalue weighted by atomic mass is 9.79. The quantitative estimate of drug-likeness (QED) is 0.903. The fourth-order valence-electron chi connectivity index (χ4n) is 2.50. The molecule has 1 fully saturated rings. The van der Waals surface area contributed by atoms with Crippen LogP contribution in [0, 0.1) is 11.8 Å². The van der Waals surface area contributed by atoms with Crippen molar-refractivity contribution in [2.24, 2.45) is 11.8 Å². The normalized spacial score (nSPS) is 30.1. The van der Waals surface area contributed by atoms with Crippen molar-refractivity contribution in [1.29, 1.82) is 0 Å². The van der Waals surface area contributed by atoms with Gasteiger partial charge >= 0.3 is 0 Å². The molecule has 3 nitrogen and oxygen atoms in total. The summed E-state index contributed by atoms with van der Waals surface area (Å²) in [7, 11) is 0. The summed E-state index contributed by atoms with van der Waals surface area (Å²) in [6.45, 7) is 4.62. The minimum Gasteiger partial charge on any atom is -0.351 e. The molecule has 1 aliphatic carbocycles. The number of rotatable bonds is 2. The van der Waals surface area contributed by atoms with Gasteiger partial charge in [0.15, 0.2) is 0 Å². The first-order chi connectivity index (χ1) is 7.66. The molecule has 1 aromatic rings. The summed E-state index contributed by atoms with van der Waals surface area (Å²) in [4.78, 5) is 8.54. The van der Waals surface area contributed by atoms with Gasteiger partial charge in [-0.05, 0) is 40.6 Å². The first-order valence-corrected chi connectivity index (χ1v) is 6.70. The van der Waals surface area contributed by atoms with Crippen molar-refractivity contribution in [3.8, 4) is 0 Å². The Kier molecular flexibility index (Phi) is 3.79. The molecule has 1 aromatic heterocycles. The SMILES string of the molecule is CC1CCCC(C)C1Nc1ncc(Br)cn1. The number of halogens is 1. The molecule has 0 amide bonds. The van der Waals surface area contributed by atoms with Crippen LogP contribution in [0.15, 0.2) is 16.9 Å². The maximum Gasteiger partial charge on any atom is 0.222 e. The van der Waals surface area contributed by atoms with Crippen LogP contribution in [0.2, 0.25) is 0 Å². The lowest BCUT2D eigenvalue weighted by molar-refractivity contribution is 0.267. The zero-order valence-corrected chi connectivity index (χ0v) is 11.4. The molecule has 1 saturated carbocycles. The van der Waals surface area contributed by atoms with Crippen LogP contribution < -0.4 is 5.32 Å². The molecule has 2 atom stereocenters. The summed E-state index contributed by atoms with van der Waals surface area (Å²) in [5.41, 5.74) is 0. The van der Waals surface area contributed by atoms with E-state index < -0.39 is 0 Å². The second-order valence-electron chi connectivity index (χ2n) is 4.78. The number of nitrogens with one attached hydrogen (secondary N) is 1. The molecule has 1 N–H and O–H groups in total. The van der Waals surface area contributed by atoms with Crippen LogP contribution in [0.5, 0.6) is 0 Å². The van der Waals surface area contributed by atoms with E-state index in [0.717, 1.165) is 10.4 Å². The molecule has 1 heterocycles. The smallest absolute Gasteiger partial charge is 0.222 e. The monoisotopic (exact) mass is 283 g/mol. The molecule has 2 unspecified atom stereocenters. The van der Waals surface area contributed by atoms with Crippen molar-refractivity contribution in [3.05, 3.63) is 16.9 Å². The Morgan fingerprint density at radius 3 is 2.31 bits per heavy atom. The predicted molar refractivity (Wildman–Crippen MR) is 69.3 cm³/mol. The molecule has 4 heteroatoms. The van der Waals surface area contributed by atoms with Crippen LogP contribution in [0.4, 0.5) is 5.95 Å². The number of nitrogens with zero attached hydrogens (tertiary/aromatic N) is 2. The topological polar surface area (TPSA) is 37.8 Å². The Balaban J connectivity index is 2.04. The molecule has 0 spiro atoms. The van der Waals surface area contributed by atoms with Gasteiger partial charge in [-0.15, -0.1) is 0 Å². The average molecular weight is 284 g/mol. The van der Waals surface area contributed by atoms with Crippen LogP contribution in [0.25, 0.3) is 0 Å². The highest BCUT2D eigenvalue weighted by atomic mass is 79.9. The van der Waals surface area contributed by atoms with E-state index in [2.05, 4.69) is 45.1 Å². The molecule has 0 aromatic carbocycles. The maximum absolute atomic E-state index is 4.27. The van der Waals surface area contributed by atoms with Gasteiger partial charge in [0.2, 0.25) is 5.95 Å². The van der Waals surface area contributed by atoms with Gasteiger partial charge in [0.1, 0.15) is 0 Å². The third kappa shape index (κ3) is 2.73. The summed E-state index contributed by atoms with van der Waals surface area (Å²) in [6.07, 6.45) is 7.53. The fourth-order valence-corrected chi connectivity index (χ4v) is 2.71. The Morgan fingerprint density at radius 2 is 1.75 bits per heavy atom. The Hall–Kier alpha value is -0.640. The number of aromatic nitrogens is 2. The highest BCUT2D eigenvalue weighted by Gasteiger charge is 2.27. The molecule has 16 heavy (non-hydrogen) atoms. The minimum atomic E-state index is 0.509. The molecule has 0 saturated heterocycles. The van der Waals surface area contributed by atoms with E-state index in [1.165, 1.54) is 19.3 Å². The third-order valence-corrected chi connectivity index (χ3v) is 3.87. The Morgan fingerprint density at radius 1 is 1.19 bits per heavy atom. The molecule has 1 aliphatic rings. The van der Waals surface area contributed by atoms with E-state index in [-0.39, 0.29) is 0 Å². The zero-order chi connectivity index (χ0) is 11.5. The van der Waals surface area contributed by atoms with Crippen LogP contribution in [-0.2, 0) is 0 Å². The largest absolute Gasteiger partial charge is 0.351 e. The van der Waals surface area contributed by atoms with Gasteiger partial charge in [-0.25, -0.2) is 9.97 Å². The van der Waals surface area contributed by atoms with Crippen molar-refractivity contribution >= 4 is 21.9 Å². The second-order valence-corrected chi connectivity index (χ2v) is 5.70. The minimum absolute atomic E-state index is 0.509.